The lowest BCUT2D eigenvalue weighted by atomic mass is 10.3. The molecular formula is C14H13NO5S. The van der Waals surface area contributed by atoms with Crippen LogP contribution in [0.25, 0.3) is 0 Å². The molecule has 0 aliphatic carbocycles. The molecule has 2 aromatic rings. The summed E-state index contributed by atoms with van der Waals surface area (Å²) in [7, 11) is 1.54. The van der Waals surface area contributed by atoms with Crippen molar-refractivity contribution in [3.8, 4) is 11.5 Å². The molecule has 1 aromatic carbocycles. The summed E-state index contributed by atoms with van der Waals surface area (Å²) < 4.78 is 10.4. The highest BCUT2D eigenvalue weighted by atomic mass is 32.1. The van der Waals surface area contributed by atoms with E-state index in [4.69, 9.17) is 14.6 Å². The zero-order valence-electron chi connectivity index (χ0n) is 11.2. The Balaban J connectivity index is 1.93. The molecule has 1 heterocycles. The van der Waals surface area contributed by atoms with E-state index < -0.39 is 11.9 Å². The maximum Gasteiger partial charge on any atom is 0.348 e. The second kappa shape index (κ2) is 6.76. The molecule has 1 amide bonds. The average Bonchev–Trinajstić information content (AvgIpc) is 2.93. The number of nitrogens with one attached hydrogen (secondary N) is 1. The van der Waals surface area contributed by atoms with Gasteiger partial charge in [0.15, 0.2) is 6.61 Å². The van der Waals surface area contributed by atoms with Crippen LogP contribution in [0.3, 0.4) is 0 Å². The summed E-state index contributed by atoms with van der Waals surface area (Å²) in [5, 5.41) is 13.1. The molecule has 1 aromatic heterocycles. The summed E-state index contributed by atoms with van der Waals surface area (Å²) in [6, 6.07) is 8.39. The van der Waals surface area contributed by atoms with Crippen molar-refractivity contribution in [2.75, 3.05) is 19.0 Å². The molecule has 0 atom stereocenters. The molecule has 6 nitrogen and oxygen atoms in total. The quantitative estimate of drug-likeness (QED) is 0.856. The van der Waals surface area contributed by atoms with Crippen LogP contribution in [0.15, 0.2) is 35.7 Å². The molecule has 110 valence electrons. The Morgan fingerprint density at radius 2 is 2.05 bits per heavy atom. The normalized spacial score (nSPS) is 9.95. The Hall–Kier alpha value is -2.54. The highest BCUT2D eigenvalue weighted by Crippen LogP contribution is 2.22. The second-order valence-corrected chi connectivity index (χ2v) is 4.90. The fourth-order valence-electron chi connectivity index (χ4n) is 1.60. The van der Waals surface area contributed by atoms with E-state index in [1.807, 2.05) is 0 Å². The number of carbonyl (C=O) groups excluding carboxylic acids is 1. The second-order valence-electron chi connectivity index (χ2n) is 3.98. The Bertz CT molecular complexity index is 652. The van der Waals surface area contributed by atoms with Gasteiger partial charge in [0.25, 0.3) is 5.91 Å². The number of carboxylic acids is 1. The summed E-state index contributed by atoms with van der Waals surface area (Å²) in [5.41, 5.74) is 0.270. The predicted octanol–water partition coefficient (Wildman–Crippen LogP) is 2.47. The SMILES string of the molecule is COc1cccc(OCC(=O)Nc2ccsc2C(=O)O)c1. The van der Waals surface area contributed by atoms with Gasteiger partial charge in [-0.15, -0.1) is 11.3 Å². The van der Waals surface area contributed by atoms with Crippen molar-refractivity contribution in [1.82, 2.24) is 0 Å². The van der Waals surface area contributed by atoms with Gasteiger partial charge in [0.1, 0.15) is 16.4 Å². The topological polar surface area (TPSA) is 84.9 Å². The molecule has 2 N–H and O–H groups in total. The van der Waals surface area contributed by atoms with Crippen molar-refractivity contribution < 1.29 is 24.2 Å². The van der Waals surface area contributed by atoms with Crippen molar-refractivity contribution in [2.24, 2.45) is 0 Å². The van der Waals surface area contributed by atoms with Crippen LogP contribution in [0.1, 0.15) is 9.67 Å². The summed E-state index contributed by atoms with van der Waals surface area (Å²) >= 11 is 1.05. The first kappa shape index (κ1) is 14.9. The monoisotopic (exact) mass is 307 g/mol. The van der Waals surface area contributed by atoms with Gasteiger partial charge in [-0.25, -0.2) is 4.79 Å². The number of hydrogen-bond acceptors (Lipinski definition) is 5. The predicted molar refractivity (Wildman–Crippen MR) is 78.4 cm³/mol. The van der Waals surface area contributed by atoms with Crippen LogP contribution in [0.4, 0.5) is 5.69 Å². The Labute approximate surface area is 124 Å². The number of thiophene rings is 1. The first-order valence-electron chi connectivity index (χ1n) is 5.97. The van der Waals surface area contributed by atoms with Crippen molar-refractivity contribution in [2.45, 2.75) is 0 Å². The number of aromatic carboxylic acids is 1. The third-order valence-corrected chi connectivity index (χ3v) is 3.45. The molecule has 0 aliphatic heterocycles. The molecule has 0 fully saturated rings. The zero-order chi connectivity index (χ0) is 15.2. The number of carboxylic acid groups (broad SMARTS) is 1. The van der Waals surface area contributed by atoms with Crippen molar-refractivity contribution in [3.63, 3.8) is 0 Å². The first-order chi connectivity index (χ1) is 10.1. The lowest BCUT2D eigenvalue weighted by Gasteiger charge is -2.08. The van der Waals surface area contributed by atoms with E-state index in [0.717, 1.165) is 11.3 Å². The van der Waals surface area contributed by atoms with E-state index in [1.54, 1.807) is 29.6 Å². The Kier molecular flexibility index (Phi) is 4.78. The highest BCUT2D eigenvalue weighted by Gasteiger charge is 2.14. The smallest absolute Gasteiger partial charge is 0.348 e. The Morgan fingerprint density at radius 3 is 2.76 bits per heavy atom. The minimum atomic E-state index is -1.07. The van der Waals surface area contributed by atoms with Gasteiger partial charge in [-0.1, -0.05) is 6.07 Å². The van der Waals surface area contributed by atoms with Crippen LogP contribution < -0.4 is 14.8 Å². The van der Waals surface area contributed by atoms with E-state index in [0.29, 0.717) is 11.5 Å². The molecule has 7 heteroatoms. The lowest BCUT2D eigenvalue weighted by molar-refractivity contribution is -0.118. The van der Waals surface area contributed by atoms with Crippen LogP contribution in [-0.4, -0.2) is 30.7 Å². The van der Waals surface area contributed by atoms with Crippen LogP contribution in [-0.2, 0) is 4.79 Å². The van der Waals surface area contributed by atoms with Crippen LogP contribution >= 0.6 is 11.3 Å². The molecule has 2 rings (SSSR count). The van der Waals surface area contributed by atoms with Gasteiger partial charge in [0.2, 0.25) is 0 Å². The van der Waals surface area contributed by atoms with E-state index >= 15 is 0 Å². The number of hydrogen-bond donors (Lipinski definition) is 2. The summed E-state index contributed by atoms with van der Waals surface area (Å²) in [6.45, 7) is -0.220. The fraction of sp³-hybridized carbons (Fsp3) is 0.143. The summed E-state index contributed by atoms with van der Waals surface area (Å²) in [5.74, 6) is -0.389. The third kappa shape index (κ3) is 3.96. The van der Waals surface area contributed by atoms with E-state index in [9.17, 15) is 9.59 Å². The van der Waals surface area contributed by atoms with Gasteiger partial charge in [-0.05, 0) is 23.6 Å². The largest absolute Gasteiger partial charge is 0.497 e. The first-order valence-corrected chi connectivity index (χ1v) is 6.85. The molecule has 0 unspecified atom stereocenters. The summed E-state index contributed by atoms with van der Waals surface area (Å²) in [6.07, 6.45) is 0. The molecule has 0 spiro atoms. The highest BCUT2D eigenvalue weighted by molar-refractivity contribution is 7.12. The number of amides is 1. The van der Waals surface area contributed by atoms with Crippen LogP contribution in [0.2, 0.25) is 0 Å². The molecule has 0 saturated carbocycles. The minimum absolute atomic E-state index is 0.0877. The summed E-state index contributed by atoms with van der Waals surface area (Å²) in [4.78, 5) is 22.8. The lowest BCUT2D eigenvalue weighted by Crippen LogP contribution is -2.20. The van der Waals surface area contributed by atoms with E-state index in [2.05, 4.69) is 5.32 Å². The molecule has 0 aliphatic rings. The molecule has 21 heavy (non-hydrogen) atoms. The number of rotatable bonds is 6. The van der Waals surface area contributed by atoms with Crippen molar-refractivity contribution in [1.29, 1.82) is 0 Å². The number of carbonyl (C=O) groups is 2. The van der Waals surface area contributed by atoms with Gasteiger partial charge < -0.3 is 19.9 Å². The number of benzene rings is 1. The van der Waals surface area contributed by atoms with Gasteiger partial charge in [-0.2, -0.15) is 0 Å². The third-order valence-electron chi connectivity index (χ3n) is 2.54. The number of methoxy groups -OCH3 is 1. The maximum atomic E-state index is 11.8. The molecule has 0 saturated heterocycles. The van der Waals surface area contributed by atoms with Crippen LogP contribution in [0.5, 0.6) is 11.5 Å². The molecule has 0 bridgehead atoms. The Morgan fingerprint density at radius 1 is 1.29 bits per heavy atom. The average molecular weight is 307 g/mol. The number of ether oxygens (including phenoxy) is 2. The zero-order valence-corrected chi connectivity index (χ0v) is 12.0. The van der Waals surface area contributed by atoms with Gasteiger partial charge in [0, 0.05) is 6.07 Å². The fourth-order valence-corrected chi connectivity index (χ4v) is 2.29. The maximum absolute atomic E-state index is 11.8. The molecule has 0 radical (unpaired) electrons. The van der Waals surface area contributed by atoms with Crippen molar-refractivity contribution in [3.05, 3.63) is 40.6 Å². The van der Waals surface area contributed by atoms with Gasteiger partial charge in [0.05, 0.1) is 12.8 Å². The van der Waals surface area contributed by atoms with E-state index in [1.165, 1.54) is 13.2 Å². The standard InChI is InChI=1S/C14H13NO5S/c1-19-9-3-2-4-10(7-9)20-8-12(16)15-11-5-6-21-13(11)14(17)18/h2-7H,8H2,1H3,(H,15,16)(H,17,18). The number of anilines is 1. The van der Waals surface area contributed by atoms with Crippen molar-refractivity contribution >= 4 is 28.9 Å². The molecular weight excluding hydrogens is 294 g/mol. The minimum Gasteiger partial charge on any atom is -0.497 e. The van der Waals surface area contributed by atoms with Gasteiger partial charge >= 0.3 is 5.97 Å². The van der Waals surface area contributed by atoms with E-state index in [-0.39, 0.29) is 17.2 Å². The van der Waals surface area contributed by atoms with Crippen LogP contribution in [0, 0.1) is 0 Å². The van der Waals surface area contributed by atoms with Gasteiger partial charge in [-0.3, -0.25) is 4.79 Å².